The van der Waals surface area contributed by atoms with Crippen LogP contribution in [0.15, 0.2) is 18.2 Å². The van der Waals surface area contributed by atoms with Gasteiger partial charge < -0.3 is 15.0 Å². The van der Waals surface area contributed by atoms with Gasteiger partial charge in [-0.1, -0.05) is 35.6 Å². The molecule has 1 atom stereocenters. The number of likely N-dealkylation sites (tertiary alicyclic amines) is 1. The van der Waals surface area contributed by atoms with Gasteiger partial charge in [0.2, 0.25) is 5.91 Å². The van der Waals surface area contributed by atoms with Gasteiger partial charge in [0.25, 0.3) is 0 Å². The molecule has 4 nitrogen and oxygen atoms in total. The van der Waals surface area contributed by atoms with Crippen molar-refractivity contribution in [3.8, 4) is 5.75 Å². The van der Waals surface area contributed by atoms with Crippen molar-refractivity contribution >= 4 is 51.5 Å². The minimum absolute atomic E-state index is 0.118. The molecule has 0 spiro atoms. The number of methoxy groups -OCH3 is 1. The number of carbonyl (C=O) groups excluding carboxylic acids is 1. The minimum Gasteiger partial charge on any atom is -0.495 e. The van der Waals surface area contributed by atoms with Gasteiger partial charge in [0, 0.05) is 18.1 Å². The van der Waals surface area contributed by atoms with E-state index in [0.29, 0.717) is 16.5 Å². The van der Waals surface area contributed by atoms with Gasteiger partial charge in [-0.2, -0.15) is 0 Å². The Morgan fingerprint density at radius 2 is 2.14 bits per heavy atom. The maximum Gasteiger partial charge on any atom is 0.237 e. The van der Waals surface area contributed by atoms with Crippen LogP contribution >= 0.6 is 35.6 Å². The first-order valence-corrected chi connectivity index (χ1v) is 8.78. The molecule has 1 heterocycles. The van der Waals surface area contributed by atoms with Gasteiger partial charge in [-0.05, 0) is 38.0 Å². The largest absolute Gasteiger partial charge is 0.495 e. The van der Waals surface area contributed by atoms with Crippen LogP contribution in [0.25, 0.3) is 0 Å². The second-order valence-electron chi connectivity index (χ2n) is 5.05. The molecule has 1 unspecified atom stereocenters. The van der Waals surface area contributed by atoms with Gasteiger partial charge in [0.05, 0.1) is 18.0 Å². The Morgan fingerprint density at radius 1 is 1.45 bits per heavy atom. The lowest BCUT2D eigenvalue weighted by Crippen LogP contribution is -2.29. The van der Waals surface area contributed by atoms with Gasteiger partial charge in [-0.3, -0.25) is 4.79 Å². The molecule has 120 valence electrons. The molecule has 0 aliphatic carbocycles. The first-order valence-electron chi connectivity index (χ1n) is 7.11. The lowest BCUT2D eigenvalue weighted by Gasteiger charge is -2.20. The highest BCUT2D eigenvalue weighted by Gasteiger charge is 2.22. The fraction of sp³-hybridized carbons (Fsp3) is 0.467. The zero-order valence-electron chi connectivity index (χ0n) is 12.6. The van der Waals surface area contributed by atoms with Crippen molar-refractivity contribution in [2.24, 2.45) is 0 Å². The van der Waals surface area contributed by atoms with Crippen molar-refractivity contribution in [2.45, 2.75) is 25.0 Å². The zero-order chi connectivity index (χ0) is 16.1. The molecular formula is C15H19ClN2O2S2. The minimum atomic E-state index is -0.281. The van der Waals surface area contributed by atoms with Crippen LogP contribution in [0.1, 0.15) is 19.8 Å². The summed E-state index contributed by atoms with van der Waals surface area (Å²) in [6.07, 6.45) is 2.34. The number of carbonyl (C=O) groups is 1. The number of thiocarbonyl (C=S) groups is 1. The molecule has 2 rings (SSSR count). The van der Waals surface area contributed by atoms with Gasteiger partial charge in [-0.15, -0.1) is 0 Å². The Balaban J connectivity index is 1.96. The van der Waals surface area contributed by atoms with E-state index < -0.39 is 0 Å². The molecular weight excluding hydrogens is 340 g/mol. The highest BCUT2D eigenvalue weighted by Crippen LogP contribution is 2.29. The first kappa shape index (κ1) is 17.4. The molecule has 0 radical (unpaired) electrons. The number of thioether (sulfide) groups is 1. The molecule has 0 saturated carbocycles. The van der Waals surface area contributed by atoms with Gasteiger partial charge in [0.15, 0.2) is 0 Å². The number of amides is 1. The predicted molar refractivity (Wildman–Crippen MR) is 97.1 cm³/mol. The molecule has 1 aliphatic rings. The second kappa shape index (κ2) is 8.04. The summed E-state index contributed by atoms with van der Waals surface area (Å²) < 4.78 is 6.02. The van der Waals surface area contributed by atoms with Crippen molar-refractivity contribution in [2.75, 3.05) is 25.5 Å². The third-order valence-corrected chi connectivity index (χ3v) is 5.24. The highest BCUT2D eigenvalue weighted by molar-refractivity contribution is 8.23. The normalized spacial score (nSPS) is 15.5. The van der Waals surface area contributed by atoms with E-state index in [1.807, 2.05) is 6.92 Å². The number of hydrogen-bond acceptors (Lipinski definition) is 4. The second-order valence-corrected chi connectivity index (χ2v) is 7.47. The van der Waals surface area contributed by atoms with Crippen LogP contribution in [0.3, 0.4) is 0 Å². The number of ether oxygens (including phenoxy) is 1. The lowest BCUT2D eigenvalue weighted by atomic mass is 10.3. The summed E-state index contributed by atoms with van der Waals surface area (Å²) in [5.74, 6) is 0.462. The Labute approximate surface area is 145 Å². The molecule has 1 aromatic carbocycles. The maximum absolute atomic E-state index is 12.3. The number of rotatable bonds is 4. The van der Waals surface area contributed by atoms with Crippen LogP contribution < -0.4 is 10.1 Å². The topological polar surface area (TPSA) is 41.6 Å². The fourth-order valence-electron chi connectivity index (χ4n) is 2.19. The molecule has 1 fully saturated rings. The van der Waals surface area contributed by atoms with Crippen LogP contribution in [0.2, 0.25) is 5.02 Å². The SMILES string of the molecule is COc1ccc(Cl)cc1NC(=O)C(C)SC(=S)N1CCCC1. The van der Waals surface area contributed by atoms with E-state index in [4.69, 9.17) is 28.6 Å². The molecule has 0 aromatic heterocycles. The van der Waals surface area contributed by atoms with E-state index in [2.05, 4.69) is 10.2 Å². The average molecular weight is 359 g/mol. The van der Waals surface area contributed by atoms with Crippen LogP contribution in [-0.4, -0.2) is 40.6 Å². The van der Waals surface area contributed by atoms with Crippen molar-refractivity contribution < 1.29 is 9.53 Å². The predicted octanol–water partition coefficient (Wildman–Crippen LogP) is 3.79. The van der Waals surface area contributed by atoms with Gasteiger partial charge >= 0.3 is 0 Å². The Kier molecular flexibility index (Phi) is 6.35. The van der Waals surface area contributed by atoms with E-state index in [1.165, 1.54) is 24.6 Å². The van der Waals surface area contributed by atoms with Gasteiger partial charge in [-0.25, -0.2) is 0 Å². The van der Waals surface area contributed by atoms with E-state index in [9.17, 15) is 4.79 Å². The maximum atomic E-state index is 12.3. The number of nitrogens with one attached hydrogen (secondary N) is 1. The third-order valence-electron chi connectivity index (χ3n) is 3.43. The molecule has 22 heavy (non-hydrogen) atoms. The van der Waals surface area contributed by atoms with Crippen LogP contribution in [-0.2, 0) is 4.79 Å². The Hall–Kier alpha value is -0.980. The number of hydrogen-bond donors (Lipinski definition) is 1. The number of benzene rings is 1. The smallest absolute Gasteiger partial charge is 0.237 e. The molecule has 1 aliphatic heterocycles. The van der Waals surface area contributed by atoms with Crippen LogP contribution in [0, 0.1) is 0 Å². The van der Waals surface area contributed by atoms with Crippen molar-refractivity contribution in [3.63, 3.8) is 0 Å². The van der Waals surface area contributed by atoms with Gasteiger partial charge in [0.1, 0.15) is 10.1 Å². The standard InChI is InChI=1S/C15H19ClN2O2S2/c1-10(22-15(21)18-7-3-4-8-18)14(19)17-12-9-11(16)5-6-13(12)20-2/h5-6,9-10H,3-4,7-8H2,1-2H3,(H,17,19). The summed E-state index contributed by atoms with van der Waals surface area (Å²) in [6, 6.07) is 5.12. The van der Waals surface area contributed by atoms with E-state index in [0.717, 1.165) is 17.4 Å². The van der Waals surface area contributed by atoms with Crippen LogP contribution in [0.5, 0.6) is 5.75 Å². The summed E-state index contributed by atoms with van der Waals surface area (Å²) in [6.45, 7) is 3.82. The van der Waals surface area contributed by atoms with Crippen molar-refractivity contribution in [3.05, 3.63) is 23.2 Å². The fourth-order valence-corrected chi connectivity index (χ4v) is 3.78. The summed E-state index contributed by atoms with van der Waals surface area (Å²) in [5.41, 5.74) is 0.569. The van der Waals surface area contributed by atoms with Crippen molar-refractivity contribution in [1.29, 1.82) is 0 Å². The molecule has 1 N–H and O–H groups in total. The molecule has 1 saturated heterocycles. The van der Waals surface area contributed by atoms with Crippen molar-refractivity contribution in [1.82, 2.24) is 4.90 Å². The average Bonchev–Trinajstić information content (AvgIpc) is 3.01. The Bertz CT molecular complexity index is 562. The molecule has 1 amide bonds. The summed E-state index contributed by atoms with van der Waals surface area (Å²) in [7, 11) is 1.56. The monoisotopic (exact) mass is 358 g/mol. The lowest BCUT2D eigenvalue weighted by molar-refractivity contribution is -0.115. The number of nitrogens with zero attached hydrogens (tertiary/aromatic N) is 1. The summed E-state index contributed by atoms with van der Waals surface area (Å²) >= 11 is 12.8. The highest BCUT2D eigenvalue weighted by atomic mass is 35.5. The first-order chi connectivity index (χ1) is 10.5. The summed E-state index contributed by atoms with van der Waals surface area (Å²) in [5, 5.41) is 3.12. The molecule has 7 heteroatoms. The van der Waals surface area contributed by atoms with Crippen LogP contribution in [0.4, 0.5) is 5.69 Å². The quantitative estimate of drug-likeness (QED) is 0.829. The zero-order valence-corrected chi connectivity index (χ0v) is 15.0. The van der Waals surface area contributed by atoms with E-state index in [1.54, 1.807) is 25.3 Å². The number of halogens is 1. The van der Waals surface area contributed by atoms with E-state index >= 15 is 0 Å². The number of anilines is 1. The summed E-state index contributed by atoms with van der Waals surface area (Å²) in [4.78, 5) is 14.5. The Morgan fingerprint density at radius 3 is 2.77 bits per heavy atom. The third kappa shape index (κ3) is 4.51. The van der Waals surface area contributed by atoms with E-state index in [-0.39, 0.29) is 11.2 Å². The molecule has 1 aromatic rings. The molecule has 0 bridgehead atoms.